The lowest BCUT2D eigenvalue weighted by Crippen LogP contribution is -2.39. The molecule has 1 aromatic carbocycles. The lowest BCUT2D eigenvalue weighted by atomic mass is 10.0. The molecular formula is C18H23F3N4O3. The van der Waals surface area contributed by atoms with Gasteiger partial charge in [-0.1, -0.05) is 13.8 Å². The molecule has 1 aromatic heterocycles. The van der Waals surface area contributed by atoms with Gasteiger partial charge in [-0.2, -0.15) is 13.2 Å². The highest BCUT2D eigenvalue weighted by molar-refractivity contribution is 5.94. The Morgan fingerprint density at radius 3 is 2.04 bits per heavy atom. The molecule has 0 saturated heterocycles. The zero-order valence-corrected chi connectivity index (χ0v) is 15.9. The Bertz CT molecular complexity index is 814. The topological polar surface area (TPSA) is 110 Å². The summed E-state index contributed by atoms with van der Waals surface area (Å²) in [6.07, 6.45) is -3.28. The molecule has 0 aliphatic rings. The van der Waals surface area contributed by atoms with Crippen LogP contribution in [0.25, 0.3) is 5.69 Å². The van der Waals surface area contributed by atoms with E-state index in [2.05, 4.69) is 10.3 Å². The van der Waals surface area contributed by atoms with E-state index >= 15 is 0 Å². The minimum absolute atomic E-state index is 0.112. The Morgan fingerprint density at radius 1 is 1.18 bits per heavy atom. The van der Waals surface area contributed by atoms with E-state index in [-0.39, 0.29) is 11.8 Å². The summed E-state index contributed by atoms with van der Waals surface area (Å²) in [7, 11) is 0. The van der Waals surface area contributed by atoms with E-state index in [0.29, 0.717) is 0 Å². The Labute approximate surface area is 160 Å². The molecule has 0 aliphatic heterocycles. The van der Waals surface area contributed by atoms with Gasteiger partial charge < -0.3 is 20.7 Å². The molecule has 10 heteroatoms. The molecule has 0 radical (unpaired) electrons. The number of carboxylic acid groups (broad SMARTS) is 1. The summed E-state index contributed by atoms with van der Waals surface area (Å²) >= 11 is 0. The number of amides is 1. The van der Waals surface area contributed by atoms with Crippen molar-refractivity contribution >= 4 is 17.6 Å². The molecule has 2 rings (SSSR count). The number of nitrogens with two attached hydrogens (primary N) is 1. The molecule has 28 heavy (non-hydrogen) atoms. The van der Waals surface area contributed by atoms with Gasteiger partial charge in [-0.15, -0.1) is 0 Å². The fourth-order valence-electron chi connectivity index (χ4n) is 1.99. The van der Waals surface area contributed by atoms with Crippen LogP contribution in [0.2, 0.25) is 0 Å². The third-order valence-electron chi connectivity index (χ3n) is 3.93. The number of aryl methyl sites for hydroxylation is 1. The van der Waals surface area contributed by atoms with E-state index in [4.69, 9.17) is 15.6 Å². The Morgan fingerprint density at radius 2 is 1.68 bits per heavy atom. The number of halogens is 3. The number of imidazole rings is 1. The van der Waals surface area contributed by atoms with Gasteiger partial charge in [0.15, 0.2) is 0 Å². The monoisotopic (exact) mass is 400 g/mol. The van der Waals surface area contributed by atoms with Crippen LogP contribution in [0.15, 0.2) is 30.6 Å². The normalized spacial score (nSPS) is 12.2. The molecule has 4 N–H and O–H groups in total. The van der Waals surface area contributed by atoms with Crippen molar-refractivity contribution in [2.75, 3.05) is 5.32 Å². The molecule has 0 fully saturated rings. The van der Waals surface area contributed by atoms with Crippen LogP contribution in [-0.4, -0.2) is 38.8 Å². The van der Waals surface area contributed by atoms with Gasteiger partial charge in [0.05, 0.1) is 18.1 Å². The third kappa shape index (κ3) is 6.38. The van der Waals surface area contributed by atoms with Crippen LogP contribution in [0.4, 0.5) is 18.9 Å². The van der Waals surface area contributed by atoms with E-state index in [1.807, 2.05) is 56.5 Å². The second-order valence-corrected chi connectivity index (χ2v) is 6.39. The predicted molar refractivity (Wildman–Crippen MR) is 98.2 cm³/mol. The van der Waals surface area contributed by atoms with Crippen LogP contribution >= 0.6 is 0 Å². The number of rotatable bonds is 4. The number of carboxylic acids is 1. The largest absolute Gasteiger partial charge is 0.490 e. The minimum atomic E-state index is -5.08. The van der Waals surface area contributed by atoms with Gasteiger partial charge in [0, 0.05) is 17.1 Å². The molecule has 0 spiro atoms. The van der Waals surface area contributed by atoms with Crippen LogP contribution in [-0.2, 0) is 9.59 Å². The highest BCUT2D eigenvalue weighted by Crippen LogP contribution is 2.17. The smallest absolute Gasteiger partial charge is 0.475 e. The van der Waals surface area contributed by atoms with Crippen molar-refractivity contribution in [1.29, 1.82) is 0 Å². The maximum absolute atomic E-state index is 11.9. The number of aromatic nitrogens is 2. The minimum Gasteiger partial charge on any atom is -0.475 e. The van der Waals surface area contributed by atoms with Gasteiger partial charge in [-0.05, 0) is 44.0 Å². The average molecular weight is 400 g/mol. The van der Waals surface area contributed by atoms with Gasteiger partial charge in [-0.25, -0.2) is 9.78 Å². The summed E-state index contributed by atoms with van der Waals surface area (Å²) in [5.74, 6) is -2.80. The zero-order chi connectivity index (χ0) is 21.6. The van der Waals surface area contributed by atoms with Crippen molar-refractivity contribution in [1.82, 2.24) is 9.55 Å². The summed E-state index contributed by atoms with van der Waals surface area (Å²) in [4.78, 5) is 25.1. The van der Waals surface area contributed by atoms with E-state index in [9.17, 15) is 18.0 Å². The molecular weight excluding hydrogens is 377 g/mol. The van der Waals surface area contributed by atoms with Crippen molar-refractivity contribution in [3.63, 3.8) is 0 Å². The Kier molecular flexibility index (Phi) is 7.74. The fourth-order valence-corrected chi connectivity index (χ4v) is 1.99. The van der Waals surface area contributed by atoms with Crippen LogP contribution in [0, 0.1) is 19.8 Å². The summed E-state index contributed by atoms with van der Waals surface area (Å²) in [5, 5.41) is 9.96. The SMILES string of the molecule is Cc1ncn(-c2ccc(NC(=O)[C@@H](N)C(C)C)cc2)c1C.O=C(O)C(F)(F)F. The lowest BCUT2D eigenvalue weighted by Gasteiger charge is -2.15. The molecule has 1 heterocycles. The molecule has 2 aromatic rings. The third-order valence-corrected chi connectivity index (χ3v) is 3.93. The first-order chi connectivity index (χ1) is 12.8. The van der Waals surface area contributed by atoms with E-state index in [0.717, 1.165) is 22.8 Å². The zero-order valence-electron chi connectivity index (χ0n) is 15.9. The lowest BCUT2D eigenvalue weighted by molar-refractivity contribution is -0.192. The van der Waals surface area contributed by atoms with Gasteiger partial charge in [0.2, 0.25) is 5.91 Å². The summed E-state index contributed by atoms with van der Waals surface area (Å²) in [5.41, 5.74) is 9.70. The second-order valence-electron chi connectivity index (χ2n) is 6.39. The number of aliphatic carboxylic acids is 1. The molecule has 0 unspecified atom stereocenters. The van der Waals surface area contributed by atoms with Crippen LogP contribution in [0.5, 0.6) is 0 Å². The number of nitrogens with zero attached hydrogens (tertiary/aromatic N) is 2. The number of benzene rings is 1. The van der Waals surface area contributed by atoms with Crippen molar-refractivity contribution in [2.45, 2.75) is 39.9 Å². The molecule has 7 nitrogen and oxygen atoms in total. The standard InChI is InChI=1S/C16H22N4O.C2HF3O2/c1-10(2)15(17)16(21)19-13-5-7-14(8-6-13)20-9-18-11(3)12(20)4;3-2(4,5)1(6)7/h5-10,15H,17H2,1-4H3,(H,19,21);(H,6,7)/t15-;/m0./s1. The number of carbonyl (C=O) groups excluding carboxylic acids is 1. The number of nitrogens with one attached hydrogen (secondary N) is 1. The molecule has 0 aliphatic carbocycles. The van der Waals surface area contributed by atoms with Crippen molar-refractivity contribution in [3.05, 3.63) is 42.0 Å². The highest BCUT2D eigenvalue weighted by Gasteiger charge is 2.38. The van der Waals surface area contributed by atoms with E-state index in [1.165, 1.54) is 0 Å². The maximum Gasteiger partial charge on any atom is 0.490 e. The molecule has 1 atom stereocenters. The summed E-state index contributed by atoms with van der Waals surface area (Å²) in [6, 6.07) is 7.14. The Balaban J connectivity index is 0.000000480. The maximum atomic E-state index is 11.9. The summed E-state index contributed by atoms with van der Waals surface area (Å²) in [6.45, 7) is 7.86. The van der Waals surface area contributed by atoms with Crippen molar-refractivity contribution < 1.29 is 27.9 Å². The first-order valence-electron chi connectivity index (χ1n) is 8.32. The molecule has 1 amide bonds. The van der Waals surface area contributed by atoms with Crippen LogP contribution in [0.1, 0.15) is 25.2 Å². The van der Waals surface area contributed by atoms with Gasteiger partial charge >= 0.3 is 12.1 Å². The quantitative estimate of drug-likeness (QED) is 0.731. The van der Waals surface area contributed by atoms with Gasteiger partial charge in [0.1, 0.15) is 0 Å². The molecule has 0 bridgehead atoms. The fraction of sp³-hybridized carbons (Fsp3) is 0.389. The number of hydrogen-bond acceptors (Lipinski definition) is 4. The predicted octanol–water partition coefficient (Wildman–Crippen LogP) is 3.04. The van der Waals surface area contributed by atoms with Gasteiger partial charge in [-0.3, -0.25) is 4.79 Å². The molecule has 154 valence electrons. The Hall–Kier alpha value is -2.88. The van der Waals surface area contributed by atoms with Crippen molar-refractivity contribution in [3.8, 4) is 5.69 Å². The number of alkyl halides is 3. The van der Waals surface area contributed by atoms with E-state index < -0.39 is 18.2 Å². The number of hydrogen-bond donors (Lipinski definition) is 3. The average Bonchev–Trinajstić information content (AvgIpc) is 2.93. The van der Waals surface area contributed by atoms with E-state index in [1.54, 1.807) is 6.33 Å². The highest BCUT2D eigenvalue weighted by atomic mass is 19.4. The first-order valence-corrected chi connectivity index (χ1v) is 8.32. The molecule has 0 saturated carbocycles. The number of anilines is 1. The van der Waals surface area contributed by atoms with Crippen molar-refractivity contribution in [2.24, 2.45) is 11.7 Å². The van der Waals surface area contributed by atoms with Crippen LogP contribution in [0.3, 0.4) is 0 Å². The van der Waals surface area contributed by atoms with Gasteiger partial charge in [0.25, 0.3) is 0 Å². The first kappa shape index (κ1) is 23.2. The van der Waals surface area contributed by atoms with Crippen LogP contribution < -0.4 is 11.1 Å². The second kappa shape index (κ2) is 9.36. The number of carbonyl (C=O) groups is 2. The summed E-state index contributed by atoms with van der Waals surface area (Å²) < 4.78 is 33.8.